The predicted octanol–water partition coefficient (Wildman–Crippen LogP) is 4.44. The second kappa shape index (κ2) is 12.5. The zero-order valence-corrected chi connectivity index (χ0v) is 22.7. The van der Waals surface area contributed by atoms with Crippen LogP contribution in [0.3, 0.4) is 0 Å². The minimum atomic E-state index is -4.05. The van der Waals surface area contributed by atoms with Gasteiger partial charge in [0.15, 0.2) is 0 Å². The van der Waals surface area contributed by atoms with Crippen molar-refractivity contribution in [2.24, 2.45) is 0 Å². The van der Waals surface area contributed by atoms with Gasteiger partial charge in [0.1, 0.15) is 12.6 Å². The molecule has 3 aromatic carbocycles. The molecule has 1 atom stereocenters. The first-order valence-corrected chi connectivity index (χ1v) is 13.8. The van der Waals surface area contributed by atoms with Crippen molar-refractivity contribution in [3.8, 4) is 0 Å². The summed E-state index contributed by atoms with van der Waals surface area (Å²) in [6, 6.07) is 22.0. The Labute approximate surface area is 220 Å². The van der Waals surface area contributed by atoms with E-state index in [0.29, 0.717) is 12.2 Å². The van der Waals surface area contributed by atoms with Crippen molar-refractivity contribution in [2.45, 2.75) is 51.6 Å². The largest absolute Gasteiger partial charge is 0.354 e. The molecular formula is C29H35N3O4S. The molecule has 0 spiro atoms. The molecule has 0 heterocycles. The number of carbonyl (C=O) groups is 2. The van der Waals surface area contributed by atoms with Crippen molar-refractivity contribution in [1.82, 2.24) is 10.2 Å². The smallest absolute Gasteiger partial charge is 0.264 e. The molecule has 0 fully saturated rings. The number of benzene rings is 3. The van der Waals surface area contributed by atoms with Crippen molar-refractivity contribution in [3.05, 3.63) is 95.6 Å². The van der Waals surface area contributed by atoms with Crippen LogP contribution in [0, 0.1) is 13.8 Å². The Hall–Kier alpha value is -3.65. The van der Waals surface area contributed by atoms with Gasteiger partial charge in [-0.15, -0.1) is 0 Å². The minimum absolute atomic E-state index is 0.0864. The molecule has 8 heteroatoms. The summed E-state index contributed by atoms with van der Waals surface area (Å²) in [7, 11) is -4.05. The summed E-state index contributed by atoms with van der Waals surface area (Å²) in [5, 5.41) is 2.85. The molecule has 1 N–H and O–H groups in total. The lowest BCUT2D eigenvalue weighted by atomic mass is 10.1. The van der Waals surface area contributed by atoms with Crippen LogP contribution in [0.2, 0.25) is 0 Å². The van der Waals surface area contributed by atoms with E-state index in [0.717, 1.165) is 27.4 Å². The maximum Gasteiger partial charge on any atom is 0.264 e. The summed E-state index contributed by atoms with van der Waals surface area (Å²) in [6.07, 6.45) is 0.765. The van der Waals surface area contributed by atoms with Gasteiger partial charge in [-0.05, 0) is 62.6 Å². The molecule has 0 radical (unpaired) electrons. The number of rotatable bonds is 11. The van der Waals surface area contributed by atoms with Gasteiger partial charge in [0, 0.05) is 13.1 Å². The van der Waals surface area contributed by atoms with Crippen molar-refractivity contribution in [3.63, 3.8) is 0 Å². The van der Waals surface area contributed by atoms with E-state index >= 15 is 0 Å². The number of nitrogens with zero attached hydrogens (tertiary/aromatic N) is 2. The highest BCUT2D eigenvalue weighted by atomic mass is 32.2. The molecule has 0 bridgehead atoms. The van der Waals surface area contributed by atoms with Crippen LogP contribution in [-0.2, 0) is 26.2 Å². The van der Waals surface area contributed by atoms with Crippen LogP contribution in [0.25, 0.3) is 0 Å². The predicted molar refractivity (Wildman–Crippen MR) is 147 cm³/mol. The molecule has 2 amide bonds. The Morgan fingerprint density at radius 2 is 1.54 bits per heavy atom. The summed E-state index contributed by atoms with van der Waals surface area (Å²) in [6.45, 7) is 7.66. The van der Waals surface area contributed by atoms with Gasteiger partial charge in [-0.25, -0.2) is 8.42 Å². The summed E-state index contributed by atoms with van der Waals surface area (Å²) in [5.74, 6) is -0.752. The van der Waals surface area contributed by atoms with Crippen LogP contribution < -0.4 is 9.62 Å². The summed E-state index contributed by atoms with van der Waals surface area (Å²) in [5.41, 5.74) is 3.13. The van der Waals surface area contributed by atoms with Gasteiger partial charge >= 0.3 is 0 Å². The van der Waals surface area contributed by atoms with Crippen molar-refractivity contribution in [1.29, 1.82) is 0 Å². The van der Waals surface area contributed by atoms with Crippen LogP contribution in [0.4, 0.5) is 5.69 Å². The summed E-state index contributed by atoms with van der Waals surface area (Å²) < 4.78 is 28.6. The molecule has 7 nitrogen and oxygen atoms in total. The molecule has 0 aromatic heterocycles. The number of hydrogen-bond donors (Lipinski definition) is 1. The SMILES string of the molecule is CCCNC(=O)[C@@H](C)N(Cc1cccc(C)c1)C(=O)CN(c1cccc(C)c1)S(=O)(=O)c1ccccc1. The normalized spacial score (nSPS) is 12.0. The molecule has 37 heavy (non-hydrogen) atoms. The van der Waals surface area contributed by atoms with E-state index < -0.39 is 28.5 Å². The second-order valence-electron chi connectivity index (χ2n) is 9.14. The second-order valence-corrected chi connectivity index (χ2v) is 11.0. The first kappa shape index (κ1) is 27.9. The Balaban J connectivity index is 2.01. The molecule has 0 aliphatic heterocycles. The minimum Gasteiger partial charge on any atom is -0.354 e. The first-order chi connectivity index (χ1) is 17.6. The van der Waals surface area contributed by atoms with E-state index in [1.54, 1.807) is 43.3 Å². The zero-order valence-electron chi connectivity index (χ0n) is 21.8. The summed E-state index contributed by atoms with van der Waals surface area (Å²) >= 11 is 0. The lowest BCUT2D eigenvalue weighted by Crippen LogP contribution is -2.51. The highest BCUT2D eigenvalue weighted by Crippen LogP contribution is 2.25. The number of nitrogens with one attached hydrogen (secondary N) is 1. The molecule has 0 saturated heterocycles. The average Bonchev–Trinajstić information content (AvgIpc) is 2.88. The van der Waals surface area contributed by atoms with Crippen molar-refractivity contribution >= 4 is 27.5 Å². The maximum absolute atomic E-state index is 13.8. The van der Waals surface area contributed by atoms with Crippen LogP contribution in [0.1, 0.15) is 37.0 Å². The summed E-state index contributed by atoms with van der Waals surface area (Å²) in [4.78, 5) is 28.3. The standard InChI is InChI=1S/C29H35N3O4S/c1-5-17-30-29(34)24(4)31(20-25-13-9-11-22(2)18-25)28(33)21-32(26-14-10-12-23(3)19-26)37(35,36)27-15-7-6-8-16-27/h6-16,18-19,24H,5,17,20-21H2,1-4H3,(H,30,34)/t24-/m1/s1. The maximum atomic E-state index is 13.8. The molecule has 0 aliphatic carbocycles. The number of anilines is 1. The molecule has 3 aromatic rings. The van der Waals surface area contributed by atoms with Gasteiger partial charge in [-0.3, -0.25) is 13.9 Å². The van der Waals surface area contributed by atoms with Gasteiger partial charge in [0.2, 0.25) is 11.8 Å². The van der Waals surface area contributed by atoms with E-state index in [1.165, 1.54) is 17.0 Å². The van der Waals surface area contributed by atoms with Crippen molar-refractivity contribution < 1.29 is 18.0 Å². The highest BCUT2D eigenvalue weighted by molar-refractivity contribution is 7.92. The van der Waals surface area contributed by atoms with Crippen LogP contribution in [0.15, 0.2) is 83.8 Å². The molecular weight excluding hydrogens is 486 g/mol. The Kier molecular flexibility index (Phi) is 9.47. The van der Waals surface area contributed by atoms with Gasteiger partial charge in [-0.2, -0.15) is 0 Å². The van der Waals surface area contributed by atoms with Gasteiger partial charge in [0.05, 0.1) is 10.6 Å². The lowest BCUT2D eigenvalue weighted by molar-refractivity contribution is -0.139. The Morgan fingerprint density at radius 1 is 0.892 bits per heavy atom. The molecule has 3 rings (SSSR count). The molecule has 0 saturated carbocycles. The van der Waals surface area contributed by atoms with Crippen LogP contribution >= 0.6 is 0 Å². The van der Waals surface area contributed by atoms with Crippen molar-refractivity contribution in [2.75, 3.05) is 17.4 Å². The van der Waals surface area contributed by atoms with E-state index in [9.17, 15) is 18.0 Å². The number of hydrogen-bond acceptors (Lipinski definition) is 4. The third-order valence-corrected chi connectivity index (χ3v) is 7.84. The fraction of sp³-hybridized carbons (Fsp3) is 0.310. The van der Waals surface area contributed by atoms with E-state index in [2.05, 4.69) is 5.32 Å². The zero-order chi connectivity index (χ0) is 27.0. The number of sulfonamides is 1. The van der Waals surface area contributed by atoms with Crippen LogP contribution in [-0.4, -0.2) is 44.3 Å². The Morgan fingerprint density at radius 3 is 2.16 bits per heavy atom. The van der Waals surface area contributed by atoms with Crippen LogP contribution in [0.5, 0.6) is 0 Å². The number of amides is 2. The fourth-order valence-corrected chi connectivity index (χ4v) is 5.44. The van der Waals surface area contributed by atoms with Gasteiger partial charge in [-0.1, -0.05) is 67.1 Å². The van der Waals surface area contributed by atoms with E-state index in [1.807, 2.05) is 51.1 Å². The molecule has 0 unspecified atom stereocenters. The van der Waals surface area contributed by atoms with Gasteiger partial charge in [0.25, 0.3) is 10.0 Å². The molecule has 0 aliphatic rings. The average molecular weight is 522 g/mol. The number of aryl methyl sites for hydroxylation is 2. The third kappa shape index (κ3) is 7.20. The topological polar surface area (TPSA) is 86.8 Å². The third-order valence-electron chi connectivity index (χ3n) is 6.05. The quantitative estimate of drug-likeness (QED) is 0.404. The van der Waals surface area contributed by atoms with Gasteiger partial charge < -0.3 is 10.2 Å². The molecule has 196 valence electrons. The number of carbonyl (C=O) groups excluding carboxylic acids is 2. The van der Waals surface area contributed by atoms with E-state index in [-0.39, 0.29) is 17.3 Å². The first-order valence-electron chi connectivity index (χ1n) is 12.4. The highest BCUT2D eigenvalue weighted by Gasteiger charge is 2.32. The fourth-order valence-electron chi connectivity index (χ4n) is 4.02. The Bertz CT molecular complexity index is 1330. The monoisotopic (exact) mass is 521 g/mol. The lowest BCUT2D eigenvalue weighted by Gasteiger charge is -2.32. The van der Waals surface area contributed by atoms with E-state index in [4.69, 9.17) is 0 Å².